The van der Waals surface area contributed by atoms with Gasteiger partial charge in [-0.05, 0) is 42.8 Å². The second-order valence-electron chi connectivity index (χ2n) is 4.75. The minimum atomic E-state index is -0.266. The summed E-state index contributed by atoms with van der Waals surface area (Å²) in [4.78, 5) is 0. The van der Waals surface area contributed by atoms with E-state index < -0.39 is 0 Å². The fraction of sp³-hybridized carbons (Fsp3) is 0.294. The van der Waals surface area contributed by atoms with Crippen LogP contribution in [0.2, 0.25) is 0 Å². The monoisotopic (exact) mass is 273 g/mol. The van der Waals surface area contributed by atoms with Crippen LogP contribution in [0.4, 0.5) is 4.39 Å². The van der Waals surface area contributed by atoms with Gasteiger partial charge in [-0.2, -0.15) is 0 Å². The Morgan fingerprint density at radius 1 is 1.20 bits per heavy atom. The van der Waals surface area contributed by atoms with Gasteiger partial charge in [-0.25, -0.2) is 4.39 Å². The van der Waals surface area contributed by atoms with Crippen molar-refractivity contribution in [1.29, 1.82) is 0 Å². The Kier molecular flexibility index (Phi) is 4.74. The minimum Gasteiger partial charge on any atom is -0.497 e. The van der Waals surface area contributed by atoms with Gasteiger partial charge in [0.2, 0.25) is 0 Å². The van der Waals surface area contributed by atoms with E-state index in [0.717, 1.165) is 17.7 Å². The lowest BCUT2D eigenvalue weighted by molar-refractivity contribution is 0.411. The van der Waals surface area contributed by atoms with Gasteiger partial charge in [0.25, 0.3) is 0 Å². The van der Waals surface area contributed by atoms with Gasteiger partial charge in [0.05, 0.1) is 7.11 Å². The van der Waals surface area contributed by atoms with Crippen molar-refractivity contribution in [1.82, 2.24) is 5.32 Å². The molecule has 2 aromatic carbocycles. The van der Waals surface area contributed by atoms with Gasteiger partial charge in [0, 0.05) is 17.7 Å². The van der Waals surface area contributed by atoms with Gasteiger partial charge in [0.1, 0.15) is 11.6 Å². The first-order valence-corrected chi connectivity index (χ1v) is 6.83. The van der Waals surface area contributed by atoms with Crippen molar-refractivity contribution >= 4 is 0 Å². The molecule has 0 fully saturated rings. The van der Waals surface area contributed by atoms with E-state index in [1.165, 1.54) is 13.2 Å². The molecule has 2 aromatic rings. The molecule has 0 saturated heterocycles. The topological polar surface area (TPSA) is 21.3 Å². The quantitative estimate of drug-likeness (QED) is 0.882. The van der Waals surface area contributed by atoms with E-state index in [2.05, 4.69) is 25.2 Å². The molecular formula is C17H20FNO. The second kappa shape index (κ2) is 6.53. The molecule has 2 nitrogen and oxygen atoms in total. The highest BCUT2D eigenvalue weighted by molar-refractivity contribution is 5.65. The molecule has 0 aliphatic carbocycles. The summed E-state index contributed by atoms with van der Waals surface area (Å²) in [5, 5.41) is 3.36. The van der Waals surface area contributed by atoms with Gasteiger partial charge < -0.3 is 10.1 Å². The highest BCUT2D eigenvalue weighted by atomic mass is 19.1. The number of benzene rings is 2. The molecule has 0 aliphatic rings. The van der Waals surface area contributed by atoms with E-state index >= 15 is 0 Å². The Bertz CT molecular complexity index is 583. The molecule has 106 valence electrons. The van der Waals surface area contributed by atoms with Crippen LogP contribution in [-0.4, -0.2) is 13.7 Å². The third kappa shape index (κ3) is 3.17. The third-order valence-corrected chi connectivity index (χ3v) is 3.38. The van der Waals surface area contributed by atoms with Crippen LogP contribution in [0.15, 0.2) is 42.5 Å². The lowest BCUT2D eigenvalue weighted by atomic mass is 9.99. The van der Waals surface area contributed by atoms with Crippen LogP contribution in [0.25, 0.3) is 11.1 Å². The number of halogens is 1. The molecular weight excluding hydrogens is 253 g/mol. The highest BCUT2D eigenvalue weighted by Crippen LogP contribution is 2.28. The maximum Gasteiger partial charge on any atom is 0.134 e. The van der Waals surface area contributed by atoms with Gasteiger partial charge in [-0.15, -0.1) is 0 Å². The van der Waals surface area contributed by atoms with Crippen LogP contribution in [0.3, 0.4) is 0 Å². The van der Waals surface area contributed by atoms with Crippen LogP contribution in [0.5, 0.6) is 5.75 Å². The van der Waals surface area contributed by atoms with E-state index in [4.69, 9.17) is 4.74 Å². The number of ether oxygens (including phenoxy) is 1. The van der Waals surface area contributed by atoms with Crippen LogP contribution in [0, 0.1) is 5.82 Å². The highest BCUT2D eigenvalue weighted by Gasteiger charge is 2.09. The zero-order valence-corrected chi connectivity index (χ0v) is 12.1. The third-order valence-electron chi connectivity index (χ3n) is 3.38. The summed E-state index contributed by atoms with van der Waals surface area (Å²) in [6.07, 6.45) is 0. The normalized spacial score (nSPS) is 12.2. The SMILES string of the molecule is CCNC(C)c1cccc(-c2ccc(OC)cc2F)c1. The van der Waals surface area contributed by atoms with Crippen LogP contribution >= 0.6 is 0 Å². The van der Waals surface area contributed by atoms with Gasteiger partial charge in [-0.1, -0.05) is 25.1 Å². The zero-order valence-electron chi connectivity index (χ0n) is 12.1. The Morgan fingerprint density at radius 2 is 2.00 bits per heavy atom. The van der Waals surface area contributed by atoms with Crippen LogP contribution in [0.1, 0.15) is 25.5 Å². The molecule has 3 heteroatoms. The molecule has 0 bridgehead atoms. The molecule has 0 heterocycles. The summed E-state index contributed by atoms with van der Waals surface area (Å²) in [7, 11) is 1.53. The zero-order chi connectivity index (χ0) is 14.5. The number of methoxy groups -OCH3 is 1. The molecule has 0 radical (unpaired) electrons. The molecule has 0 saturated carbocycles. The summed E-state index contributed by atoms with van der Waals surface area (Å²) >= 11 is 0. The summed E-state index contributed by atoms with van der Waals surface area (Å²) < 4.78 is 19.1. The van der Waals surface area contributed by atoms with E-state index in [1.54, 1.807) is 12.1 Å². The Morgan fingerprint density at radius 3 is 2.65 bits per heavy atom. The van der Waals surface area contributed by atoms with Crippen molar-refractivity contribution in [3.05, 3.63) is 53.8 Å². The first kappa shape index (κ1) is 14.5. The molecule has 1 N–H and O–H groups in total. The molecule has 20 heavy (non-hydrogen) atoms. The standard InChI is InChI=1S/C17H20FNO/c1-4-19-12(2)13-6-5-7-14(10-13)16-9-8-15(20-3)11-17(16)18/h5-12,19H,4H2,1-3H3. The van der Waals surface area contributed by atoms with Crippen molar-refractivity contribution < 1.29 is 9.13 Å². The number of hydrogen-bond donors (Lipinski definition) is 1. The fourth-order valence-corrected chi connectivity index (χ4v) is 2.26. The lowest BCUT2D eigenvalue weighted by Gasteiger charge is -2.14. The molecule has 0 aromatic heterocycles. The minimum absolute atomic E-state index is 0.251. The van der Waals surface area contributed by atoms with Gasteiger partial charge >= 0.3 is 0 Å². The van der Waals surface area contributed by atoms with E-state index in [0.29, 0.717) is 11.3 Å². The lowest BCUT2D eigenvalue weighted by Crippen LogP contribution is -2.17. The smallest absolute Gasteiger partial charge is 0.134 e. The van der Waals surface area contributed by atoms with Crippen LogP contribution in [-0.2, 0) is 0 Å². The maximum atomic E-state index is 14.1. The molecule has 0 spiro atoms. The second-order valence-corrected chi connectivity index (χ2v) is 4.75. The van der Waals surface area contributed by atoms with E-state index in [-0.39, 0.29) is 11.9 Å². The van der Waals surface area contributed by atoms with Gasteiger partial charge in [-0.3, -0.25) is 0 Å². The molecule has 2 rings (SSSR count). The summed E-state index contributed by atoms with van der Waals surface area (Å²) in [6.45, 7) is 5.08. The molecule has 0 amide bonds. The molecule has 0 aliphatic heterocycles. The average molecular weight is 273 g/mol. The predicted molar refractivity (Wildman–Crippen MR) is 80.5 cm³/mol. The first-order chi connectivity index (χ1) is 9.65. The Hall–Kier alpha value is -1.87. The maximum absolute atomic E-state index is 14.1. The van der Waals surface area contributed by atoms with Gasteiger partial charge in [0.15, 0.2) is 0 Å². The van der Waals surface area contributed by atoms with Crippen molar-refractivity contribution in [3.8, 4) is 16.9 Å². The summed E-state index contributed by atoms with van der Waals surface area (Å²) in [5.41, 5.74) is 2.63. The van der Waals surface area contributed by atoms with Crippen molar-refractivity contribution in [3.63, 3.8) is 0 Å². The average Bonchev–Trinajstić information content (AvgIpc) is 2.47. The molecule has 1 unspecified atom stereocenters. The fourth-order valence-electron chi connectivity index (χ4n) is 2.26. The van der Waals surface area contributed by atoms with Crippen molar-refractivity contribution in [2.24, 2.45) is 0 Å². The van der Waals surface area contributed by atoms with E-state index in [9.17, 15) is 4.39 Å². The number of nitrogens with one attached hydrogen (secondary N) is 1. The van der Waals surface area contributed by atoms with Crippen molar-refractivity contribution in [2.75, 3.05) is 13.7 Å². The van der Waals surface area contributed by atoms with E-state index in [1.807, 2.05) is 18.2 Å². The largest absolute Gasteiger partial charge is 0.497 e. The summed E-state index contributed by atoms with van der Waals surface area (Å²) in [5.74, 6) is 0.265. The number of hydrogen-bond acceptors (Lipinski definition) is 2. The Balaban J connectivity index is 2.35. The molecule has 1 atom stereocenters. The number of rotatable bonds is 5. The van der Waals surface area contributed by atoms with Crippen molar-refractivity contribution in [2.45, 2.75) is 19.9 Å². The predicted octanol–water partition coefficient (Wildman–Crippen LogP) is 4.17. The Labute approximate surface area is 119 Å². The summed E-state index contributed by atoms with van der Waals surface area (Å²) in [6, 6.07) is 13.2. The first-order valence-electron chi connectivity index (χ1n) is 6.83. The van der Waals surface area contributed by atoms with Crippen LogP contribution < -0.4 is 10.1 Å².